The SMILES string of the molecule is C=CC1C[N+]2(Cc3cc(C(C)(C)C)cc(C(C)(C)C)c3)CCC1C[C@H]2[C@H](O)c1ccnc2ccc(OCc3cc(C(C)(C)C)cc(C(C)(C)C)c3)cc12.[Br-]. The van der Waals surface area contributed by atoms with Crippen molar-refractivity contribution in [3.8, 4) is 5.75 Å². The molecule has 7 rings (SSSR count). The Morgan fingerprint density at radius 3 is 1.83 bits per heavy atom. The normalized spacial score (nSPS) is 22.5. The molecule has 0 saturated carbocycles. The van der Waals surface area contributed by atoms with Gasteiger partial charge in [-0.05, 0) is 97.4 Å². The molecule has 4 nitrogen and oxygen atoms in total. The van der Waals surface area contributed by atoms with E-state index in [1.54, 1.807) is 0 Å². The van der Waals surface area contributed by atoms with Crippen LogP contribution in [0.3, 0.4) is 0 Å². The number of fused-ring (bicyclic) bond motifs is 4. The Balaban J connectivity index is 0.00000561. The van der Waals surface area contributed by atoms with E-state index in [2.05, 4.69) is 138 Å². The summed E-state index contributed by atoms with van der Waals surface area (Å²) in [5.74, 6) is 1.81. The highest BCUT2D eigenvalue weighted by Gasteiger charge is 2.54. The Hall–Kier alpha value is -2.99. The predicted molar refractivity (Wildman–Crippen MR) is 223 cm³/mol. The van der Waals surface area contributed by atoms with Crippen molar-refractivity contribution in [1.29, 1.82) is 0 Å². The minimum absolute atomic E-state index is 0. The maximum absolute atomic E-state index is 12.6. The second-order valence-electron chi connectivity index (χ2n) is 20.7. The number of hydrogen-bond acceptors (Lipinski definition) is 3. The van der Waals surface area contributed by atoms with Crippen LogP contribution < -0.4 is 21.7 Å². The fourth-order valence-corrected chi connectivity index (χ4v) is 8.90. The lowest BCUT2D eigenvalue weighted by molar-refractivity contribution is -0.984. The van der Waals surface area contributed by atoms with Gasteiger partial charge in [0.2, 0.25) is 0 Å². The highest BCUT2D eigenvalue weighted by atomic mass is 79.9. The third-order valence-electron chi connectivity index (χ3n) is 12.5. The van der Waals surface area contributed by atoms with Gasteiger partial charge in [0.1, 0.15) is 31.0 Å². The van der Waals surface area contributed by atoms with Crippen molar-refractivity contribution in [2.24, 2.45) is 11.8 Å². The summed E-state index contributed by atoms with van der Waals surface area (Å²) in [5.41, 5.74) is 9.99. The number of piperidine rings is 3. The first-order valence-electron chi connectivity index (χ1n) is 20.1. The number of hydrogen-bond donors (Lipinski definition) is 1. The van der Waals surface area contributed by atoms with E-state index in [1.807, 2.05) is 24.4 Å². The number of pyridine rings is 1. The molecule has 1 aromatic heterocycles. The largest absolute Gasteiger partial charge is 1.00 e. The van der Waals surface area contributed by atoms with Gasteiger partial charge in [0.25, 0.3) is 0 Å². The molecule has 292 valence electrons. The molecule has 3 aliphatic rings. The Morgan fingerprint density at radius 1 is 0.778 bits per heavy atom. The van der Waals surface area contributed by atoms with Gasteiger partial charge in [-0.25, -0.2) is 0 Å². The van der Waals surface area contributed by atoms with Crippen LogP contribution in [0.4, 0.5) is 0 Å². The highest BCUT2D eigenvalue weighted by molar-refractivity contribution is 5.84. The van der Waals surface area contributed by atoms with Crippen molar-refractivity contribution in [1.82, 2.24) is 4.98 Å². The predicted octanol–water partition coefficient (Wildman–Crippen LogP) is 8.65. The number of aromatic nitrogens is 1. The molecule has 0 radical (unpaired) electrons. The third-order valence-corrected chi connectivity index (χ3v) is 12.5. The van der Waals surface area contributed by atoms with Gasteiger partial charge < -0.3 is 31.3 Å². The van der Waals surface area contributed by atoms with Crippen LogP contribution in [0.2, 0.25) is 0 Å². The molecule has 3 fully saturated rings. The second kappa shape index (κ2) is 15.2. The minimum atomic E-state index is -0.630. The highest BCUT2D eigenvalue weighted by Crippen LogP contribution is 2.48. The van der Waals surface area contributed by atoms with E-state index in [9.17, 15) is 5.11 Å². The molecule has 3 aliphatic heterocycles. The summed E-state index contributed by atoms with van der Waals surface area (Å²) in [7, 11) is 0. The molecule has 4 aromatic rings. The average Bonchev–Trinajstić information content (AvgIpc) is 3.08. The summed E-state index contributed by atoms with van der Waals surface area (Å²) in [6.07, 6.45) is 5.59. The molecular weight excluding hydrogens is 728 g/mol. The number of quaternary nitrogens is 1. The van der Waals surface area contributed by atoms with Crippen molar-refractivity contribution in [3.63, 3.8) is 0 Å². The van der Waals surface area contributed by atoms with E-state index in [0.29, 0.717) is 18.4 Å². The lowest BCUT2D eigenvalue weighted by atomic mass is 9.71. The molecular formula is C49H67BrN2O2. The van der Waals surface area contributed by atoms with Crippen molar-refractivity contribution >= 4 is 10.9 Å². The van der Waals surface area contributed by atoms with E-state index in [1.165, 1.54) is 39.8 Å². The molecule has 5 atom stereocenters. The van der Waals surface area contributed by atoms with Crippen molar-refractivity contribution in [2.75, 3.05) is 13.1 Å². The van der Waals surface area contributed by atoms with Gasteiger partial charge in [0.15, 0.2) is 0 Å². The molecule has 5 heteroatoms. The number of ether oxygens (including phenoxy) is 1. The smallest absolute Gasteiger partial charge is 0.131 e. The Bertz CT molecular complexity index is 1910. The summed E-state index contributed by atoms with van der Waals surface area (Å²) in [5, 5.41) is 13.6. The van der Waals surface area contributed by atoms with Crippen LogP contribution in [0.15, 0.2) is 79.5 Å². The van der Waals surface area contributed by atoms with Crippen LogP contribution in [0.25, 0.3) is 10.9 Å². The fraction of sp³-hybridized carbons (Fsp3) is 0.531. The van der Waals surface area contributed by atoms with E-state index >= 15 is 0 Å². The molecule has 3 saturated heterocycles. The monoisotopic (exact) mass is 794 g/mol. The van der Waals surface area contributed by atoms with Crippen LogP contribution in [0, 0.1) is 11.8 Å². The van der Waals surface area contributed by atoms with Crippen LogP contribution in [0.1, 0.15) is 141 Å². The molecule has 1 N–H and O–H groups in total. The van der Waals surface area contributed by atoms with Crippen LogP contribution in [-0.2, 0) is 34.8 Å². The summed E-state index contributed by atoms with van der Waals surface area (Å²) in [6.45, 7) is 35.3. The molecule has 0 amide bonds. The summed E-state index contributed by atoms with van der Waals surface area (Å²) in [6, 6.07) is 22.5. The van der Waals surface area contributed by atoms with Gasteiger partial charge in [0.05, 0.1) is 18.6 Å². The number of aliphatic hydroxyl groups is 1. The quantitative estimate of drug-likeness (QED) is 0.144. The number of halogens is 1. The number of benzene rings is 3. The van der Waals surface area contributed by atoms with Crippen molar-refractivity contribution in [3.05, 3.63) is 118 Å². The molecule has 2 bridgehead atoms. The number of rotatable bonds is 8. The first kappa shape index (κ1) is 42.2. The zero-order valence-corrected chi connectivity index (χ0v) is 36.9. The first-order valence-corrected chi connectivity index (χ1v) is 20.1. The topological polar surface area (TPSA) is 42.4 Å². The Morgan fingerprint density at radius 2 is 1.31 bits per heavy atom. The first-order chi connectivity index (χ1) is 24.6. The van der Waals surface area contributed by atoms with Gasteiger partial charge in [-0.1, -0.05) is 113 Å². The van der Waals surface area contributed by atoms with Crippen LogP contribution in [0.5, 0.6) is 5.75 Å². The lowest BCUT2D eigenvalue weighted by Crippen LogP contribution is -3.00. The van der Waals surface area contributed by atoms with Gasteiger partial charge in [-0.15, -0.1) is 6.58 Å². The zero-order chi connectivity index (χ0) is 38.7. The van der Waals surface area contributed by atoms with E-state index in [0.717, 1.165) is 52.8 Å². The standard InChI is InChI=1S/C49H67N2O2.BrH/c1-14-34-30-51(29-32-21-36(46(2,3)4)26-37(22-32)47(5,6)7)20-18-35(34)25-44(51)45(52)41-17-19-50-43-16-15-40(28-42(41)43)53-31-33-23-38(48(8,9)10)27-39(24-33)49(11,12)13;/h14-17,19,21-24,26-28,34-35,44-45,52H,1,18,20,25,29-31H2,2-13H3;1H/q+1;/p-1/t34?,35?,44-,45+,51?;/m0./s1. The van der Waals surface area contributed by atoms with Crippen molar-refractivity contribution < 1.29 is 31.3 Å². The van der Waals surface area contributed by atoms with Gasteiger partial charge in [-0.2, -0.15) is 0 Å². The molecule has 3 aromatic carbocycles. The maximum Gasteiger partial charge on any atom is 0.131 e. The van der Waals surface area contributed by atoms with Gasteiger partial charge in [-0.3, -0.25) is 4.98 Å². The van der Waals surface area contributed by atoms with Gasteiger partial charge >= 0.3 is 0 Å². The molecule has 54 heavy (non-hydrogen) atoms. The average molecular weight is 796 g/mol. The van der Waals surface area contributed by atoms with Crippen LogP contribution in [-0.4, -0.2) is 33.7 Å². The fourth-order valence-electron chi connectivity index (χ4n) is 8.90. The summed E-state index contributed by atoms with van der Waals surface area (Å²) >= 11 is 0. The van der Waals surface area contributed by atoms with Crippen molar-refractivity contribution in [2.45, 2.75) is 143 Å². The molecule has 0 spiro atoms. The summed E-state index contributed by atoms with van der Waals surface area (Å²) in [4.78, 5) is 4.74. The summed E-state index contributed by atoms with van der Waals surface area (Å²) < 4.78 is 7.43. The minimum Gasteiger partial charge on any atom is -1.00 e. The van der Waals surface area contributed by atoms with Crippen LogP contribution >= 0.6 is 0 Å². The molecule has 0 aliphatic carbocycles. The van der Waals surface area contributed by atoms with E-state index in [-0.39, 0.29) is 44.7 Å². The zero-order valence-electron chi connectivity index (χ0n) is 35.3. The Labute approximate surface area is 337 Å². The molecule has 4 heterocycles. The third kappa shape index (κ3) is 8.85. The second-order valence-corrected chi connectivity index (χ2v) is 20.7. The lowest BCUT2D eigenvalue weighted by Gasteiger charge is -2.58. The van der Waals surface area contributed by atoms with Gasteiger partial charge in [0, 0.05) is 35.9 Å². The molecule has 3 unspecified atom stereocenters. The van der Waals surface area contributed by atoms with E-state index in [4.69, 9.17) is 9.72 Å². The number of aliphatic hydroxyl groups excluding tert-OH is 1. The Kier molecular flexibility index (Phi) is 11.8. The van der Waals surface area contributed by atoms with E-state index < -0.39 is 6.10 Å². The number of nitrogens with zero attached hydrogens (tertiary/aromatic N) is 2. The maximum atomic E-state index is 12.6.